The smallest absolute Gasteiger partial charge is 0.199 e. The van der Waals surface area contributed by atoms with Gasteiger partial charge in [-0.05, 0) is 24.3 Å². The van der Waals surface area contributed by atoms with Gasteiger partial charge in [0.15, 0.2) is 30.3 Å². The number of rotatable bonds is 9. The summed E-state index contributed by atoms with van der Waals surface area (Å²) in [6.07, 6.45) is -17.8. The van der Waals surface area contributed by atoms with Crippen molar-refractivity contribution in [3.8, 4) is 5.75 Å². The lowest BCUT2D eigenvalue weighted by Gasteiger charge is -2.50. The van der Waals surface area contributed by atoms with Crippen LogP contribution in [0.5, 0.6) is 5.75 Å². The number of ketones is 1. The lowest BCUT2D eigenvalue weighted by molar-refractivity contribution is -0.354. The van der Waals surface area contributed by atoms with Gasteiger partial charge in [0.2, 0.25) is 0 Å². The molecular formula is C25H39N3O15. The summed E-state index contributed by atoms with van der Waals surface area (Å²) in [7, 11) is 0. The topological polar surface area (TPSA) is 323 Å². The van der Waals surface area contributed by atoms with Gasteiger partial charge in [-0.2, -0.15) is 0 Å². The third-order valence-corrected chi connectivity index (χ3v) is 7.99. The molecule has 0 saturated carbocycles. The molecule has 3 aliphatic heterocycles. The van der Waals surface area contributed by atoms with Gasteiger partial charge in [-0.15, -0.1) is 0 Å². The highest BCUT2D eigenvalue weighted by atomic mass is 16.7. The fourth-order valence-corrected chi connectivity index (χ4v) is 5.33. The highest BCUT2D eigenvalue weighted by Gasteiger charge is 2.59. The van der Waals surface area contributed by atoms with Gasteiger partial charge in [0, 0.05) is 5.56 Å². The number of aliphatic hydroxyl groups is 8. The number of nitrogens with two attached hydrogens (primary N) is 3. The number of benzene rings is 1. The largest absolute Gasteiger partial charge is 0.508 e. The molecule has 3 fully saturated rings. The van der Waals surface area contributed by atoms with Crippen LogP contribution >= 0.6 is 0 Å². The van der Waals surface area contributed by atoms with Gasteiger partial charge in [-0.1, -0.05) is 0 Å². The van der Waals surface area contributed by atoms with Crippen molar-refractivity contribution in [2.45, 2.75) is 91.4 Å². The monoisotopic (exact) mass is 621 g/mol. The van der Waals surface area contributed by atoms with Crippen molar-refractivity contribution in [3.63, 3.8) is 0 Å². The molecule has 244 valence electrons. The van der Waals surface area contributed by atoms with Gasteiger partial charge in [-0.3, -0.25) is 4.79 Å². The molecule has 2 unspecified atom stereocenters. The molecule has 4 rings (SSSR count). The minimum Gasteiger partial charge on any atom is -0.508 e. The SMILES string of the molecule is N[C@H]1[C@@H](OC2[C@@H](CO)O[C@@H](OC3[C@@H](CO)O[C@@H](O)[C@H](N)[C@H]3O)[C@H](N)[C@H]2O)O[C@@](CO)(C(=O)c2ccc(O)cc2)[C@@H](O)[C@@H]1O. The quantitative estimate of drug-likeness (QED) is 0.114. The Morgan fingerprint density at radius 2 is 1.28 bits per heavy atom. The molecule has 0 aromatic heterocycles. The Bertz CT molecular complexity index is 1080. The van der Waals surface area contributed by atoms with Crippen LogP contribution in [0.3, 0.4) is 0 Å². The lowest BCUT2D eigenvalue weighted by Crippen LogP contribution is -2.73. The van der Waals surface area contributed by atoms with E-state index in [4.69, 9.17) is 40.9 Å². The molecule has 0 spiro atoms. The molecule has 0 bridgehead atoms. The van der Waals surface area contributed by atoms with Crippen molar-refractivity contribution >= 4 is 5.78 Å². The second-order valence-corrected chi connectivity index (χ2v) is 10.7. The standard InChI is InChI=1S/C25H39N3O15/c26-12-15(33)18(10(5-29)39-22(12)38)41-23-13(27)16(34)19(11(6-30)40-23)42-24-14(28)17(35)21(37)25(7-31,43-24)20(36)8-1-3-9(32)4-2-8/h1-4,10-19,21-24,29-35,37-38H,5-7,26-28H2/t10-,11-,12-,13-,14-,15-,16-,17-,18?,19?,21+,22-,23+,24+,25+/m1/s1. The van der Waals surface area contributed by atoms with E-state index in [2.05, 4.69) is 0 Å². The summed E-state index contributed by atoms with van der Waals surface area (Å²) in [5.74, 6) is -1.15. The molecule has 3 saturated heterocycles. The van der Waals surface area contributed by atoms with Gasteiger partial charge < -0.3 is 86.8 Å². The van der Waals surface area contributed by atoms with Gasteiger partial charge in [0.1, 0.15) is 54.6 Å². The molecule has 1 aromatic rings. The minimum absolute atomic E-state index is 0.106. The second kappa shape index (κ2) is 13.6. The molecule has 1 aromatic carbocycles. The van der Waals surface area contributed by atoms with Gasteiger partial charge in [-0.25, -0.2) is 0 Å². The van der Waals surface area contributed by atoms with Crippen LogP contribution < -0.4 is 17.2 Å². The van der Waals surface area contributed by atoms with Crippen molar-refractivity contribution in [1.82, 2.24) is 0 Å². The normalized spacial score (nSPS) is 45.6. The Balaban J connectivity index is 1.54. The fourth-order valence-electron chi connectivity index (χ4n) is 5.33. The highest BCUT2D eigenvalue weighted by molar-refractivity contribution is 6.03. The van der Waals surface area contributed by atoms with Crippen LogP contribution in [0, 0.1) is 0 Å². The Kier molecular flexibility index (Phi) is 10.7. The average molecular weight is 622 g/mol. The first-order chi connectivity index (χ1) is 20.3. The number of aliphatic hydroxyl groups excluding tert-OH is 8. The first-order valence-corrected chi connectivity index (χ1v) is 13.4. The zero-order valence-electron chi connectivity index (χ0n) is 22.7. The van der Waals surface area contributed by atoms with Crippen LogP contribution in [0.15, 0.2) is 24.3 Å². The summed E-state index contributed by atoms with van der Waals surface area (Å²) < 4.78 is 28.0. The van der Waals surface area contributed by atoms with Crippen molar-refractivity contribution in [2.24, 2.45) is 17.2 Å². The maximum atomic E-state index is 13.4. The number of phenols is 1. The molecule has 15 N–H and O–H groups in total. The van der Waals surface area contributed by atoms with Crippen LogP contribution in [0.1, 0.15) is 10.4 Å². The number of carbonyl (C=O) groups is 1. The number of ether oxygens (including phenoxy) is 5. The zero-order chi connectivity index (χ0) is 31.8. The predicted octanol–water partition coefficient (Wildman–Crippen LogP) is -6.72. The predicted molar refractivity (Wildman–Crippen MR) is 139 cm³/mol. The summed E-state index contributed by atoms with van der Waals surface area (Å²) in [4.78, 5) is 13.4. The van der Waals surface area contributed by atoms with E-state index in [9.17, 15) is 50.8 Å². The molecule has 43 heavy (non-hydrogen) atoms. The first kappa shape index (κ1) is 33.9. The molecule has 3 heterocycles. The maximum Gasteiger partial charge on any atom is 0.199 e. The molecule has 3 aliphatic rings. The van der Waals surface area contributed by atoms with Crippen molar-refractivity contribution in [2.75, 3.05) is 19.8 Å². The number of hydrogen-bond donors (Lipinski definition) is 12. The third kappa shape index (κ3) is 6.29. The van der Waals surface area contributed by atoms with E-state index in [1.807, 2.05) is 0 Å². The Hall–Kier alpha value is -1.95. The van der Waals surface area contributed by atoms with Crippen LogP contribution in [0.25, 0.3) is 0 Å². The average Bonchev–Trinajstić information content (AvgIpc) is 3.00. The lowest BCUT2D eigenvalue weighted by atomic mass is 9.81. The Morgan fingerprint density at radius 3 is 1.84 bits per heavy atom. The fraction of sp³-hybridized carbons (Fsp3) is 0.720. The third-order valence-electron chi connectivity index (χ3n) is 7.99. The van der Waals surface area contributed by atoms with Gasteiger partial charge >= 0.3 is 0 Å². The van der Waals surface area contributed by atoms with Crippen LogP contribution in [-0.2, 0) is 23.7 Å². The van der Waals surface area contributed by atoms with Crippen LogP contribution in [-0.4, -0.2) is 163 Å². The first-order valence-electron chi connectivity index (χ1n) is 13.4. The van der Waals surface area contributed by atoms with E-state index < -0.39 is 117 Å². The Morgan fingerprint density at radius 1 is 0.767 bits per heavy atom. The van der Waals surface area contributed by atoms with Crippen LogP contribution in [0.2, 0.25) is 0 Å². The number of hydrogen-bond acceptors (Lipinski definition) is 18. The summed E-state index contributed by atoms with van der Waals surface area (Å²) >= 11 is 0. The van der Waals surface area contributed by atoms with Gasteiger partial charge in [0.25, 0.3) is 0 Å². The van der Waals surface area contributed by atoms with E-state index in [1.165, 1.54) is 24.3 Å². The van der Waals surface area contributed by atoms with Gasteiger partial charge in [0.05, 0.1) is 37.9 Å². The van der Waals surface area contributed by atoms with E-state index in [1.54, 1.807) is 0 Å². The molecule has 0 amide bonds. The molecule has 0 aliphatic carbocycles. The number of phenolic OH excluding ortho intramolecular Hbond substituents is 1. The van der Waals surface area contributed by atoms with E-state index >= 15 is 0 Å². The molecule has 15 atom stereocenters. The van der Waals surface area contributed by atoms with E-state index in [0.717, 1.165) is 0 Å². The summed E-state index contributed by atoms with van der Waals surface area (Å²) in [5.41, 5.74) is 15.3. The van der Waals surface area contributed by atoms with Crippen molar-refractivity contribution < 1.29 is 74.4 Å². The second-order valence-electron chi connectivity index (χ2n) is 10.7. The van der Waals surface area contributed by atoms with Crippen molar-refractivity contribution in [3.05, 3.63) is 29.8 Å². The molecule has 18 nitrogen and oxygen atoms in total. The summed E-state index contributed by atoms with van der Waals surface area (Å²) in [6.45, 7) is -2.66. The van der Waals surface area contributed by atoms with E-state index in [0.29, 0.717) is 0 Å². The maximum absolute atomic E-state index is 13.4. The number of carbonyl (C=O) groups excluding carboxylic acids is 1. The number of aromatic hydroxyl groups is 1. The summed E-state index contributed by atoms with van der Waals surface area (Å²) in [5, 5.41) is 92.4. The molecular weight excluding hydrogens is 582 g/mol. The molecule has 18 heteroatoms. The minimum atomic E-state index is -2.50. The number of Topliss-reactive ketones (excluding diaryl/α,β-unsaturated/α-hetero) is 1. The van der Waals surface area contributed by atoms with Crippen molar-refractivity contribution in [1.29, 1.82) is 0 Å². The van der Waals surface area contributed by atoms with E-state index in [-0.39, 0.29) is 11.3 Å². The van der Waals surface area contributed by atoms with Crippen LogP contribution in [0.4, 0.5) is 0 Å². The Labute approximate surface area is 244 Å². The highest BCUT2D eigenvalue weighted by Crippen LogP contribution is 2.36. The summed E-state index contributed by atoms with van der Waals surface area (Å²) in [6, 6.07) is 0.427. The zero-order valence-corrected chi connectivity index (χ0v) is 22.7. The molecule has 0 radical (unpaired) electrons.